The van der Waals surface area contributed by atoms with E-state index in [1.165, 1.54) is 0 Å². The van der Waals surface area contributed by atoms with E-state index in [1.807, 2.05) is 26.0 Å². The van der Waals surface area contributed by atoms with E-state index < -0.39 is 0 Å². The Kier molecular flexibility index (Phi) is 6.48. The van der Waals surface area contributed by atoms with Crippen LogP contribution in [0.4, 0.5) is 0 Å². The van der Waals surface area contributed by atoms with Gasteiger partial charge < -0.3 is 15.4 Å². The van der Waals surface area contributed by atoms with Crippen LogP contribution < -0.4 is 15.4 Å². The summed E-state index contributed by atoms with van der Waals surface area (Å²) in [5.41, 5.74) is 2.21. The van der Waals surface area contributed by atoms with Gasteiger partial charge in [0.1, 0.15) is 5.75 Å². The molecule has 4 nitrogen and oxygen atoms in total. The molecular weight excluding hydrogens is 240 g/mol. The summed E-state index contributed by atoms with van der Waals surface area (Å²) in [6.07, 6.45) is 5.07. The average Bonchev–Trinajstić information content (AvgIpc) is 2.41. The van der Waals surface area contributed by atoms with Gasteiger partial charge in [0.15, 0.2) is 6.61 Å². The van der Waals surface area contributed by atoms with Gasteiger partial charge in [0, 0.05) is 12.1 Å². The number of carbonyl (C=O) groups excluding carboxylic acids is 1. The molecule has 0 saturated heterocycles. The summed E-state index contributed by atoms with van der Waals surface area (Å²) in [6.45, 7) is 5.88. The third-order valence-electron chi connectivity index (χ3n) is 2.53. The number of hydrogen-bond acceptors (Lipinski definition) is 3. The van der Waals surface area contributed by atoms with Gasteiger partial charge >= 0.3 is 0 Å². The van der Waals surface area contributed by atoms with Crippen LogP contribution in [0.25, 0.3) is 0 Å². The van der Waals surface area contributed by atoms with Crippen molar-refractivity contribution in [3.8, 4) is 18.1 Å². The van der Waals surface area contributed by atoms with Crippen LogP contribution >= 0.6 is 0 Å². The van der Waals surface area contributed by atoms with Crippen molar-refractivity contribution in [2.75, 3.05) is 19.7 Å². The van der Waals surface area contributed by atoms with Gasteiger partial charge in [0.25, 0.3) is 5.91 Å². The summed E-state index contributed by atoms with van der Waals surface area (Å²) in [6, 6.07) is 5.90. The van der Waals surface area contributed by atoms with E-state index in [9.17, 15) is 4.79 Å². The summed E-state index contributed by atoms with van der Waals surface area (Å²) in [4.78, 5) is 11.4. The molecule has 1 amide bonds. The molecule has 1 aromatic rings. The molecule has 0 fully saturated rings. The van der Waals surface area contributed by atoms with Crippen molar-refractivity contribution >= 4 is 5.91 Å². The normalized spacial score (nSPS) is 9.74. The summed E-state index contributed by atoms with van der Waals surface area (Å²) in [5, 5.41) is 5.81. The summed E-state index contributed by atoms with van der Waals surface area (Å²) >= 11 is 0. The van der Waals surface area contributed by atoms with Gasteiger partial charge in [0.05, 0.1) is 6.54 Å². The first-order valence-corrected chi connectivity index (χ1v) is 6.30. The number of carbonyl (C=O) groups is 1. The molecule has 1 rings (SSSR count). The van der Waals surface area contributed by atoms with Crippen LogP contribution in [0.3, 0.4) is 0 Å². The summed E-state index contributed by atoms with van der Waals surface area (Å²) < 4.78 is 5.53. The second-order valence-electron chi connectivity index (χ2n) is 4.16. The SMILES string of the molecule is C#CCNC(=O)COc1ccc(C)cc1CNCC. The highest BCUT2D eigenvalue weighted by atomic mass is 16.5. The molecule has 0 unspecified atom stereocenters. The van der Waals surface area contributed by atoms with E-state index in [2.05, 4.69) is 22.6 Å². The highest BCUT2D eigenvalue weighted by Crippen LogP contribution is 2.19. The Morgan fingerprint density at radius 1 is 1.47 bits per heavy atom. The largest absolute Gasteiger partial charge is 0.483 e. The molecule has 0 spiro atoms. The Morgan fingerprint density at radius 3 is 2.95 bits per heavy atom. The van der Waals surface area contributed by atoms with Crippen LogP contribution in [0, 0.1) is 19.3 Å². The van der Waals surface area contributed by atoms with Crippen molar-refractivity contribution in [2.24, 2.45) is 0 Å². The number of rotatable bonds is 7. The molecule has 0 aliphatic carbocycles. The van der Waals surface area contributed by atoms with Crippen molar-refractivity contribution < 1.29 is 9.53 Å². The van der Waals surface area contributed by atoms with Gasteiger partial charge in [-0.25, -0.2) is 0 Å². The van der Waals surface area contributed by atoms with Gasteiger partial charge in [0.2, 0.25) is 0 Å². The minimum absolute atomic E-state index is 0.0239. The molecule has 0 radical (unpaired) electrons. The number of ether oxygens (including phenoxy) is 1. The fourth-order valence-electron chi connectivity index (χ4n) is 1.59. The molecule has 19 heavy (non-hydrogen) atoms. The minimum atomic E-state index is -0.215. The summed E-state index contributed by atoms with van der Waals surface area (Å²) in [7, 11) is 0. The Morgan fingerprint density at radius 2 is 2.26 bits per heavy atom. The maximum Gasteiger partial charge on any atom is 0.258 e. The van der Waals surface area contributed by atoms with Gasteiger partial charge in [-0.15, -0.1) is 6.42 Å². The van der Waals surface area contributed by atoms with Crippen LogP contribution in [0.1, 0.15) is 18.1 Å². The highest BCUT2D eigenvalue weighted by molar-refractivity contribution is 5.77. The van der Waals surface area contributed by atoms with Gasteiger partial charge in [-0.3, -0.25) is 4.79 Å². The van der Waals surface area contributed by atoms with E-state index in [4.69, 9.17) is 11.2 Å². The van der Waals surface area contributed by atoms with E-state index in [1.54, 1.807) is 0 Å². The van der Waals surface area contributed by atoms with E-state index in [-0.39, 0.29) is 19.1 Å². The number of terminal acetylenes is 1. The van der Waals surface area contributed by atoms with Crippen molar-refractivity contribution in [1.82, 2.24) is 10.6 Å². The molecule has 0 saturated carbocycles. The predicted molar refractivity (Wildman–Crippen MR) is 75.9 cm³/mol. The van der Waals surface area contributed by atoms with Gasteiger partial charge in [-0.05, 0) is 19.5 Å². The van der Waals surface area contributed by atoms with Gasteiger partial charge in [-0.1, -0.05) is 30.5 Å². The molecule has 2 N–H and O–H groups in total. The first-order valence-electron chi connectivity index (χ1n) is 6.30. The second kappa shape index (κ2) is 8.17. The molecule has 0 heterocycles. The predicted octanol–water partition coefficient (Wildman–Crippen LogP) is 1.23. The third kappa shape index (κ3) is 5.45. The van der Waals surface area contributed by atoms with Crippen LogP contribution in [-0.4, -0.2) is 25.6 Å². The molecule has 0 bridgehead atoms. The number of hydrogen-bond donors (Lipinski definition) is 2. The number of nitrogens with one attached hydrogen (secondary N) is 2. The maximum atomic E-state index is 11.4. The zero-order valence-corrected chi connectivity index (χ0v) is 11.5. The first-order chi connectivity index (χ1) is 9.17. The van der Waals surface area contributed by atoms with Gasteiger partial charge in [-0.2, -0.15) is 0 Å². The molecule has 102 valence electrons. The zero-order chi connectivity index (χ0) is 14.1. The molecular formula is C15H20N2O2. The lowest BCUT2D eigenvalue weighted by Gasteiger charge is -2.12. The second-order valence-corrected chi connectivity index (χ2v) is 4.16. The zero-order valence-electron chi connectivity index (χ0n) is 11.5. The molecule has 1 aromatic carbocycles. The van der Waals surface area contributed by atoms with E-state index >= 15 is 0 Å². The van der Waals surface area contributed by atoms with E-state index in [0.29, 0.717) is 0 Å². The van der Waals surface area contributed by atoms with E-state index in [0.717, 1.165) is 30.0 Å². The lowest BCUT2D eigenvalue weighted by atomic mass is 10.1. The minimum Gasteiger partial charge on any atom is -0.483 e. The van der Waals surface area contributed by atoms with Crippen LogP contribution in [0.15, 0.2) is 18.2 Å². The Labute approximate surface area is 114 Å². The third-order valence-corrected chi connectivity index (χ3v) is 2.53. The number of aryl methyl sites for hydroxylation is 1. The maximum absolute atomic E-state index is 11.4. The molecule has 0 aliphatic heterocycles. The molecule has 0 aromatic heterocycles. The van der Waals surface area contributed by atoms with Crippen molar-refractivity contribution in [2.45, 2.75) is 20.4 Å². The number of amides is 1. The standard InChI is InChI=1S/C15H20N2O2/c1-4-8-17-15(18)11-19-14-7-6-12(3)9-13(14)10-16-5-2/h1,6-7,9,16H,5,8,10-11H2,2-3H3,(H,17,18). The van der Waals surface area contributed by atoms with Crippen molar-refractivity contribution in [3.05, 3.63) is 29.3 Å². The van der Waals surface area contributed by atoms with Crippen LogP contribution in [-0.2, 0) is 11.3 Å². The lowest BCUT2D eigenvalue weighted by Crippen LogP contribution is -2.29. The smallest absolute Gasteiger partial charge is 0.258 e. The first kappa shape index (κ1) is 15.1. The fourth-order valence-corrected chi connectivity index (χ4v) is 1.59. The van der Waals surface area contributed by atoms with Crippen molar-refractivity contribution in [1.29, 1.82) is 0 Å². The Hall–Kier alpha value is -1.99. The lowest BCUT2D eigenvalue weighted by molar-refractivity contribution is -0.122. The number of benzene rings is 1. The topological polar surface area (TPSA) is 50.4 Å². The monoisotopic (exact) mass is 260 g/mol. The summed E-state index contributed by atoms with van der Waals surface area (Å²) in [5.74, 6) is 2.86. The highest BCUT2D eigenvalue weighted by Gasteiger charge is 2.06. The molecule has 0 atom stereocenters. The molecule has 4 heteroatoms. The van der Waals surface area contributed by atoms with Crippen LogP contribution in [0.2, 0.25) is 0 Å². The molecule has 0 aliphatic rings. The van der Waals surface area contributed by atoms with Crippen molar-refractivity contribution in [3.63, 3.8) is 0 Å². The Bertz CT molecular complexity index is 464. The Balaban J connectivity index is 2.61. The van der Waals surface area contributed by atoms with Crippen LogP contribution in [0.5, 0.6) is 5.75 Å². The quantitative estimate of drug-likeness (QED) is 0.725. The average molecular weight is 260 g/mol. The fraction of sp³-hybridized carbons (Fsp3) is 0.400.